The lowest BCUT2D eigenvalue weighted by atomic mass is 10.4. The van der Waals surface area contributed by atoms with Crippen molar-refractivity contribution in [3.63, 3.8) is 0 Å². The predicted octanol–water partition coefficient (Wildman–Crippen LogP) is 1.25. The van der Waals surface area contributed by atoms with Crippen LogP contribution in [0.3, 0.4) is 0 Å². The van der Waals surface area contributed by atoms with Crippen LogP contribution < -0.4 is 5.32 Å². The maximum atomic E-state index is 11.7. The van der Waals surface area contributed by atoms with Gasteiger partial charge in [-0.2, -0.15) is 0 Å². The Bertz CT molecular complexity index is 443. The zero-order valence-corrected chi connectivity index (χ0v) is 11.3. The molecule has 0 aliphatic rings. The van der Waals surface area contributed by atoms with Crippen LogP contribution in [0.25, 0.3) is 0 Å². The van der Waals surface area contributed by atoms with E-state index in [1.165, 1.54) is 11.3 Å². The molecule has 0 saturated carbocycles. The van der Waals surface area contributed by atoms with Gasteiger partial charge in [-0.3, -0.25) is 4.79 Å². The van der Waals surface area contributed by atoms with Gasteiger partial charge in [-0.15, -0.1) is 11.3 Å². The molecule has 1 aromatic rings. The predicted molar refractivity (Wildman–Crippen MR) is 71.7 cm³/mol. The summed E-state index contributed by atoms with van der Waals surface area (Å²) in [5.74, 6) is 5.19. The Morgan fingerprint density at radius 2 is 2.33 bits per heavy atom. The molecule has 98 valence electrons. The second kappa shape index (κ2) is 7.88. The van der Waals surface area contributed by atoms with E-state index in [0.717, 1.165) is 4.88 Å². The lowest BCUT2D eigenvalue weighted by Crippen LogP contribution is -2.27. The van der Waals surface area contributed by atoms with E-state index in [0.29, 0.717) is 18.0 Å². The van der Waals surface area contributed by atoms with Crippen molar-refractivity contribution >= 4 is 17.2 Å². The Morgan fingerprint density at radius 3 is 3.00 bits per heavy atom. The molecule has 4 nitrogen and oxygen atoms in total. The Labute approximate surface area is 111 Å². The van der Waals surface area contributed by atoms with Crippen molar-refractivity contribution in [3.8, 4) is 11.8 Å². The molecule has 1 heterocycles. The summed E-state index contributed by atoms with van der Waals surface area (Å²) in [6.07, 6.45) is 0.170. The molecule has 5 heteroatoms. The van der Waals surface area contributed by atoms with Crippen molar-refractivity contribution in [1.29, 1.82) is 0 Å². The third kappa shape index (κ3) is 5.32. The number of rotatable bonds is 5. The van der Waals surface area contributed by atoms with Crippen LogP contribution in [0, 0.1) is 11.8 Å². The summed E-state index contributed by atoms with van der Waals surface area (Å²) in [5.41, 5.74) is 0. The average Bonchev–Trinajstić information content (AvgIpc) is 2.80. The number of hydrogen-bond donors (Lipinski definition) is 2. The fourth-order valence-electron chi connectivity index (χ4n) is 1.20. The van der Waals surface area contributed by atoms with Crippen LogP contribution in [0.15, 0.2) is 12.1 Å². The van der Waals surface area contributed by atoms with Crippen molar-refractivity contribution in [3.05, 3.63) is 21.9 Å². The van der Waals surface area contributed by atoms with E-state index in [2.05, 4.69) is 17.2 Å². The molecule has 0 aliphatic heterocycles. The standard InChI is InChI=1S/C13H17NO3S/c1-10(2)17-9-7-14-13(16)12-6-5-11(18-12)4-3-8-15/h5-6,10,15H,7-9H2,1-2H3,(H,14,16). The first-order chi connectivity index (χ1) is 8.63. The first-order valence-corrected chi connectivity index (χ1v) is 6.54. The lowest BCUT2D eigenvalue weighted by Gasteiger charge is -2.07. The van der Waals surface area contributed by atoms with Crippen molar-refractivity contribution in [1.82, 2.24) is 5.32 Å². The third-order valence-electron chi connectivity index (χ3n) is 1.96. The number of carbonyl (C=O) groups is 1. The van der Waals surface area contributed by atoms with Crippen molar-refractivity contribution in [2.75, 3.05) is 19.8 Å². The number of amides is 1. The molecular formula is C13H17NO3S. The molecule has 0 bridgehead atoms. The van der Waals surface area contributed by atoms with Gasteiger partial charge in [0.25, 0.3) is 5.91 Å². The van der Waals surface area contributed by atoms with Gasteiger partial charge in [-0.05, 0) is 26.0 Å². The highest BCUT2D eigenvalue weighted by atomic mass is 32.1. The van der Waals surface area contributed by atoms with Gasteiger partial charge < -0.3 is 15.2 Å². The molecule has 0 fully saturated rings. The average molecular weight is 267 g/mol. The van der Waals surface area contributed by atoms with Crippen molar-refractivity contribution in [2.24, 2.45) is 0 Å². The summed E-state index contributed by atoms with van der Waals surface area (Å²) < 4.78 is 5.32. The first kappa shape index (κ1) is 14.7. The van der Waals surface area contributed by atoms with E-state index in [1.54, 1.807) is 12.1 Å². The highest BCUT2D eigenvalue weighted by Gasteiger charge is 2.07. The molecule has 0 spiro atoms. The molecule has 0 aliphatic carbocycles. The number of ether oxygens (including phenoxy) is 1. The van der Waals surface area contributed by atoms with Crippen LogP contribution in [0.2, 0.25) is 0 Å². The molecule has 0 unspecified atom stereocenters. The Balaban J connectivity index is 2.40. The van der Waals surface area contributed by atoms with E-state index in [1.807, 2.05) is 13.8 Å². The van der Waals surface area contributed by atoms with Crippen LogP contribution in [-0.2, 0) is 4.74 Å². The fourth-order valence-corrected chi connectivity index (χ4v) is 2.00. The van der Waals surface area contributed by atoms with Crippen LogP contribution in [0.1, 0.15) is 28.4 Å². The maximum Gasteiger partial charge on any atom is 0.261 e. The van der Waals surface area contributed by atoms with Crippen LogP contribution >= 0.6 is 11.3 Å². The van der Waals surface area contributed by atoms with Gasteiger partial charge in [-0.25, -0.2) is 0 Å². The van der Waals surface area contributed by atoms with Gasteiger partial charge >= 0.3 is 0 Å². The van der Waals surface area contributed by atoms with Gasteiger partial charge in [0.05, 0.1) is 22.5 Å². The monoisotopic (exact) mass is 267 g/mol. The van der Waals surface area contributed by atoms with E-state index >= 15 is 0 Å². The number of nitrogens with one attached hydrogen (secondary N) is 1. The summed E-state index contributed by atoms with van der Waals surface area (Å²) in [7, 11) is 0. The molecule has 18 heavy (non-hydrogen) atoms. The minimum absolute atomic E-state index is 0.121. The highest BCUT2D eigenvalue weighted by molar-refractivity contribution is 7.14. The molecule has 0 aromatic carbocycles. The summed E-state index contributed by atoms with van der Waals surface area (Å²) in [4.78, 5) is 13.1. The number of aliphatic hydroxyl groups excluding tert-OH is 1. The SMILES string of the molecule is CC(C)OCCNC(=O)c1ccc(C#CCO)s1. The zero-order valence-electron chi connectivity index (χ0n) is 10.5. The molecule has 1 aromatic heterocycles. The lowest BCUT2D eigenvalue weighted by molar-refractivity contribution is 0.0748. The quantitative estimate of drug-likeness (QED) is 0.623. The van der Waals surface area contributed by atoms with Crippen LogP contribution in [0.4, 0.5) is 0 Å². The second-order valence-corrected chi connectivity index (χ2v) is 4.88. The molecule has 0 saturated heterocycles. The smallest absolute Gasteiger partial charge is 0.261 e. The number of carbonyl (C=O) groups excluding carboxylic acids is 1. The number of hydrogen-bond acceptors (Lipinski definition) is 4. The minimum Gasteiger partial charge on any atom is -0.384 e. The fraction of sp³-hybridized carbons (Fsp3) is 0.462. The summed E-state index contributed by atoms with van der Waals surface area (Å²) in [6, 6.07) is 3.50. The largest absolute Gasteiger partial charge is 0.384 e. The topological polar surface area (TPSA) is 58.6 Å². The summed E-state index contributed by atoms with van der Waals surface area (Å²) in [5, 5.41) is 11.3. The molecule has 0 atom stereocenters. The summed E-state index contributed by atoms with van der Waals surface area (Å²) >= 11 is 1.31. The Hall–Kier alpha value is -1.35. The van der Waals surface area contributed by atoms with Crippen molar-refractivity contribution < 1.29 is 14.6 Å². The molecule has 0 radical (unpaired) electrons. The van der Waals surface area contributed by atoms with Gasteiger partial charge in [-0.1, -0.05) is 11.8 Å². The van der Waals surface area contributed by atoms with Gasteiger partial charge in [0.1, 0.15) is 6.61 Å². The number of thiophene rings is 1. The Morgan fingerprint density at radius 1 is 1.56 bits per heavy atom. The van der Waals surface area contributed by atoms with Crippen LogP contribution in [0.5, 0.6) is 0 Å². The first-order valence-electron chi connectivity index (χ1n) is 5.73. The highest BCUT2D eigenvalue weighted by Crippen LogP contribution is 2.14. The van der Waals surface area contributed by atoms with Gasteiger partial charge in [0.15, 0.2) is 0 Å². The van der Waals surface area contributed by atoms with E-state index < -0.39 is 0 Å². The van der Waals surface area contributed by atoms with E-state index in [4.69, 9.17) is 9.84 Å². The Kier molecular flexibility index (Phi) is 6.44. The van der Waals surface area contributed by atoms with Gasteiger partial charge in [0.2, 0.25) is 0 Å². The third-order valence-corrected chi connectivity index (χ3v) is 2.96. The maximum absolute atomic E-state index is 11.7. The van der Waals surface area contributed by atoms with Crippen LogP contribution in [-0.4, -0.2) is 36.9 Å². The number of aliphatic hydroxyl groups is 1. The van der Waals surface area contributed by atoms with E-state index in [9.17, 15) is 4.79 Å². The zero-order chi connectivity index (χ0) is 13.4. The molecule has 2 N–H and O–H groups in total. The molecule has 1 amide bonds. The van der Waals surface area contributed by atoms with E-state index in [-0.39, 0.29) is 18.6 Å². The summed E-state index contributed by atoms with van der Waals surface area (Å²) in [6.45, 7) is 4.73. The molecular weight excluding hydrogens is 250 g/mol. The normalized spacial score (nSPS) is 10.0. The minimum atomic E-state index is -0.175. The second-order valence-electron chi connectivity index (χ2n) is 3.80. The van der Waals surface area contributed by atoms with Crippen molar-refractivity contribution in [2.45, 2.75) is 20.0 Å². The molecule has 1 rings (SSSR count). The van der Waals surface area contributed by atoms with Gasteiger partial charge in [0, 0.05) is 6.54 Å².